The Balaban J connectivity index is 1.79. The summed E-state index contributed by atoms with van der Waals surface area (Å²) in [7, 11) is -9.21. The van der Waals surface area contributed by atoms with Crippen molar-refractivity contribution in [3.63, 3.8) is 0 Å². The predicted octanol–water partition coefficient (Wildman–Crippen LogP) is 1.000. The minimum atomic E-state index is -4.88. The highest BCUT2D eigenvalue weighted by atomic mass is 32.2. The summed E-state index contributed by atoms with van der Waals surface area (Å²) < 4.78 is 72.0. The smallest absolute Gasteiger partial charge is 0.330 e. The van der Waals surface area contributed by atoms with E-state index in [9.17, 15) is 21.4 Å². The molecule has 0 saturated carbocycles. The number of hydrogen-bond donors (Lipinski definition) is 8. The Bertz CT molecular complexity index is 1550. The highest BCUT2D eigenvalue weighted by Crippen LogP contribution is 2.23. The van der Waals surface area contributed by atoms with Gasteiger partial charge in [0.15, 0.2) is 0 Å². The molecule has 3 rings (SSSR count). The summed E-state index contributed by atoms with van der Waals surface area (Å²) in [5.41, 5.74) is 0.700. The summed E-state index contributed by atoms with van der Waals surface area (Å²) in [6, 6.07) is 6.27. The molecule has 3 aromatic rings. The van der Waals surface area contributed by atoms with Gasteiger partial charge in [0.05, 0.1) is 5.75 Å². The van der Waals surface area contributed by atoms with Crippen molar-refractivity contribution in [2.75, 3.05) is 45.9 Å². The maximum absolute atomic E-state index is 11.6. The molecule has 1 aromatic carbocycles. The molecule has 0 radical (unpaired) electrons. The lowest BCUT2D eigenvalue weighted by atomic mass is 10.3. The van der Waals surface area contributed by atoms with E-state index in [0.29, 0.717) is 29.2 Å². The number of nitrogens with one attached hydrogen (secondary N) is 4. The highest BCUT2D eigenvalue weighted by molar-refractivity contribution is 7.94. The monoisotopic (exact) mass is 672 g/mol. The lowest BCUT2D eigenvalue weighted by molar-refractivity contribution is -0.432. The third kappa shape index (κ3) is 11.9. The minimum Gasteiger partial charge on any atom is -0.353 e. The molecular weight excluding hydrogens is 653 g/mol. The molecule has 0 bridgehead atoms. The van der Waals surface area contributed by atoms with Gasteiger partial charge in [0.25, 0.3) is 15.3 Å². The van der Waals surface area contributed by atoms with Crippen LogP contribution in [0.3, 0.4) is 0 Å². The molecule has 0 spiro atoms. The first-order valence-electron chi connectivity index (χ1n) is 10.8. The number of anilines is 6. The van der Waals surface area contributed by atoms with Crippen molar-refractivity contribution in [3.05, 3.63) is 24.3 Å². The van der Waals surface area contributed by atoms with Gasteiger partial charge in [-0.2, -0.15) is 46.7 Å². The standard InChI is InChI=1S/C16H20N10O12S4/c27-35-37-39-6-4-17-11-21-13(24-15(23-11)40-38-36-28)19-9-2-1-3-10(8-9)20-14-22-12(18-5-7-41(29,30)31)25-16(26-14)42(32,33)34/h1-3,8,27-28H,4-7H2,(H,29,30,31)(H,32,33,34)(H2,17,19,21,23,24)(H2,18,20,22,25,26). The molecule has 0 amide bonds. The summed E-state index contributed by atoms with van der Waals surface area (Å²) >= 11 is 1.26. The molecule has 230 valence electrons. The van der Waals surface area contributed by atoms with Crippen LogP contribution in [0, 0.1) is 0 Å². The summed E-state index contributed by atoms with van der Waals surface area (Å²) in [5, 5.41) is 33.5. The molecule has 8 N–H and O–H groups in total. The number of benzene rings is 1. The Hall–Kier alpha value is -3.28. The largest absolute Gasteiger partial charge is 0.353 e. The molecule has 2 heterocycles. The Morgan fingerprint density at radius 2 is 1.33 bits per heavy atom. The second kappa shape index (κ2) is 15.8. The highest BCUT2D eigenvalue weighted by Gasteiger charge is 2.18. The van der Waals surface area contributed by atoms with E-state index in [1.54, 1.807) is 18.2 Å². The van der Waals surface area contributed by atoms with Crippen LogP contribution in [0.15, 0.2) is 34.6 Å². The summed E-state index contributed by atoms with van der Waals surface area (Å²) in [5.74, 6) is -1.07. The molecule has 0 aliphatic carbocycles. The van der Waals surface area contributed by atoms with E-state index in [0.717, 1.165) is 12.0 Å². The normalized spacial score (nSPS) is 11.7. The van der Waals surface area contributed by atoms with Crippen molar-refractivity contribution in [3.8, 4) is 0 Å². The van der Waals surface area contributed by atoms with E-state index in [1.807, 2.05) is 0 Å². The number of hydrogen-bond acceptors (Lipinski definition) is 22. The Labute approximate surface area is 244 Å². The van der Waals surface area contributed by atoms with Crippen LogP contribution in [0.4, 0.5) is 35.2 Å². The first-order valence-corrected chi connectivity index (χ1v) is 15.5. The Morgan fingerprint density at radius 3 is 1.95 bits per heavy atom. The second-order valence-electron chi connectivity index (χ2n) is 7.17. The zero-order valence-electron chi connectivity index (χ0n) is 20.5. The quantitative estimate of drug-likeness (QED) is 0.0307. The molecule has 0 aliphatic heterocycles. The van der Waals surface area contributed by atoms with Gasteiger partial charge in [-0.25, -0.2) is 10.5 Å². The minimum absolute atomic E-state index is 0.00966. The molecule has 0 aliphatic rings. The van der Waals surface area contributed by atoms with E-state index in [2.05, 4.69) is 69.9 Å². The molecule has 0 saturated heterocycles. The first kappa shape index (κ1) is 33.2. The van der Waals surface area contributed by atoms with Crippen LogP contribution in [0.2, 0.25) is 0 Å². The van der Waals surface area contributed by atoms with E-state index in [4.69, 9.17) is 15.1 Å². The van der Waals surface area contributed by atoms with Crippen LogP contribution in [-0.2, 0) is 39.0 Å². The second-order valence-corrected chi connectivity index (χ2v) is 11.5. The zero-order chi connectivity index (χ0) is 30.6. The van der Waals surface area contributed by atoms with Crippen molar-refractivity contribution >= 4 is 79.5 Å². The summed E-state index contributed by atoms with van der Waals surface area (Å²) in [6.45, 7) is -0.114. The van der Waals surface area contributed by atoms with Crippen LogP contribution in [0.5, 0.6) is 0 Å². The van der Waals surface area contributed by atoms with Crippen LogP contribution in [-0.4, -0.2) is 91.0 Å². The van der Waals surface area contributed by atoms with Gasteiger partial charge in [-0.1, -0.05) is 16.1 Å². The molecule has 0 unspecified atom stereocenters. The van der Waals surface area contributed by atoms with Crippen molar-refractivity contribution in [1.82, 2.24) is 29.9 Å². The number of rotatable bonds is 18. The Kier molecular flexibility index (Phi) is 12.5. The van der Waals surface area contributed by atoms with Crippen molar-refractivity contribution in [2.24, 2.45) is 0 Å². The molecule has 0 atom stereocenters. The van der Waals surface area contributed by atoms with Crippen LogP contribution >= 0.6 is 24.1 Å². The van der Waals surface area contributed by atoms with Crippen LogP contribution in [0.25, 0.3) is 0 Å². The lowest BCUT2D eigenvalue weighted by Crippen LogP contribution is -2.18. The first-order chi connectivity index (χ1) is 19.9. The van der Waals surface area contributed by atoms with Crippen LogP contribution in [0.1, 0.15) is 0 Å². The average molecular weight is 673 g/mol. The van der Waals surface area contributed by atoms with Crippen molar-refractivity contribution in [2.45, 2.75) is 10.3 Å². The molecule has 0 fully saturated rings. The SMILES string of the molecule is O=S(=O)(O)CCNc1nc(Nc2cccc(Nc3nc(NCCSOOO)nc(SOOO)n3)c2)nc(S(=O)(=O)O)n1. The van der Waals surface area contributed by atoms with Crippen LogP contribution < -0.4 is 21.3 Å². The topological polar surface area (TPSA) is 312 Å². The summed E-state index contributed by atoms with van der Waals surface area (Å²) in [6.07, 6.45) is 0. The van der Waals surface area contributed by atoms with Gasteiger partial charge in [-0.3, -0.25) is 9.11 Å². The lowest BCUT2D eigenvalue weighted by Gasteiger charge is -2.11. The van der Waals surface area contributed by atoms with Gasteiger partial charge in [-0.15, -0.1) is 8.67 Å². The predicted molar refractivity (Wildman–Crippen MR) is 144 cm³/mol. The van der Waals surface area contributed by atoms with Gasteiger partial charge in [-0.05, 0) is 18.2 Å². The average Bonchev–Trinajstić information content (AvgIpc) is 2.91. The third-order valence-electron chi connectivity index (χ3n) is 4.16. The van der Waals surface area contributed by atoms with Gasteiger partial charge in [0.1, 0.15) is 12.0 Å². The van der Waals surface area contributed by atoms with Gasteiger partial charge in [0, 0.05) is 42.3 Å². The molecule has 42 heavy (non-hydrogen) atoms. The number of nitrogens with zero attached hydrogens (tertiary/aromatic N) is 6. The maximum Gasteiger partial charge on any atom is 0.330 e. The van der Waals surface area contributed by atoms with Crippen molar-refractivity contribution in [1.29, 1.82) is 0 Å². The maximum atomic E-state index is 11.6. The zero-order valence-corrected chi connectivity index (χ0v) is 23.8. The molecule has 22 nitrogen and oxygen atoms in total. The fourth-order valence-corrected chi connectivity index (χ4v) is 4.06. The fourth-order valence-electron chi connectivity index (χ4n) is 2.67. The fraction of sp³-hybridized carbons (Fsp3) is 0.250. The van der Waals surface area contributed by atoms with Crippen molar-refractivity contribution < 1.29 is 55.2 Å². The van der Waals surface area contributed by atoms with E-state index < -0.39 is 37.1 Å². The molecule has 26 heteroatoms. The molecule has 2 aromatic heterocycles. The van der Waals surface area contributed by atoms with Gasteiger partial charge < -0.3 is 21.3 Å². The summed E-state index contributed by atoms with van der Waals surface area (Å²) in [4.78, 5) is 23.5. The van der Waals surface area contributed by atoms with E-state index in [1.165, 1.54) is 6.07 Å². The Morgan fingerprint density at radius 1 is 0.762 bits per heavy atom. The molecular formula is C16H20N10O12S4. The van der Waals surface area contributed by atoms with Gasteiger partial charge >= 0.3 is 10.1 Å². The van der Waals surface area contributed by atoms with E-state index >= 15 is 0 Å². The van der Waals surface area contributed by atoms with Gasteiger partial charge in [0.2, 0.25) is 28.9 Å². The van der Waals surface area contributed by atoms with E-state index in [-0.39, 0.29) is 36.1 Å². The third-order valence-corrected chi connectivity index (χ3v) is 6.52. The number of aromatic nitrogens is 6.